The third kappa shape index (κ3) is 4.14. The van der Waals surface area contributed by atoms with E-state index in [9.17, 15) is 8.42 Å². The van der Waals surface area contributed by atoms with Crippen LogP contribution in [0.2, 0.25) is 0 Å². The smallest absolute Gasteiger partial charge is 0.240 e. The second-order valence-corrected chi connectivity index (χ2v) is 9.72. The van der Waals surface area contributed by atoms with E-state index < -0.39 is 10.0 Å². The minimum absolute atomic E-state index is 0.325. The number of hydrogen-bond acceptors (Lipinski definition) is 4. The van der Waals surface area contributed by atoms with Gasteiger partial charge < -0.3 is 0 Å². The number of aryl methyl sites for hydroxylation is 3. The molecule has 0 bridgehead atoms. The first-order valence-electron chi connectivity index (χ1n) is 9.32. The second kappa shape index (κ2) is 8.07. The van der Waals surface area contributed by atoms with Gasteiger partial charge in [0, 0.05) is 34.6 Å². The summed E-state index contributed by atoms with van der Waals surface area (Å²) in [4.78, 5) is 6.83. The predicted molar refractivity (Wildman–Crippen MR) is 112 cm³/mol. The zero-order chi connectivity index (χ0) is 19.6. The Kier molecular flexibility index (Phi) is 5.53. The molecule has 4 rings (SSSR count). The molecule has 0 atom stereocenters. The van der Waals surface area contributed by atoms with Crippen molar-refractivity contribution in [3.05, 3.63) is 83.2 Å². The van der Waals surface area contributed by atoms with Crippen LogP contribution in [0.1, 0.15) is 22.4 Å². The summed E-state index contributed by atoms with van der Waals surface area (Å²) in [6.07, 6.45) is 4.18. The molecule has 2 aromatic carbocycles. The molecule has 144 valence electrons. The van der Waals surface area contributed by atoms with E-state index in [1.807, 2.05) is 43.3 Å². The van der Waals surface area contributed by atoms with E-state index in [0.29, 0.717) is 17.9 Å². The van der Waals surface area contributed by atoms with Crippen LogP contribution in [0.3, 0.4) is 0 Å². The second-order valence-electron chi connectivity index (χ2n) is 6.90. The fraction of sp³-hybridized carbons (Fsp3) is 0.227. The molecular weight excluding hydrogens is 388 g/mol. The number of aromatic nitrogens is 1. The normalized spacial score (nSPS) is 13.5. The number of fused-ring (bicyclic) bond motifs is 2. The first-order valence-corrected chi connectivity index (χ1v) is 11.6. The van der Waals surface area contributed by atoms with Crippen LogP contribution in [-0.4, -0.2) is 19.9 Å². The Hall–Kier alpha value is -2.15. The molecule has 0 unspecified atom stereocenters. The highest BCUT2D eigenvalue weighted by Gasteiger charge is 2.21. The molecule has 4 nitrogen and oxygen atoms in total. The molecule has 1 N–H and O–H groups in total. The predicted octanol–water partition coefficient (Wildman–Crippen LogP) is 4.16. The number of nitrogens with zero attached hydrogens (tertiary/aromatic N) is 1. The van der Waals surface area contributed by atoms with Gasteiger partial charge in [0.1, 0.15) is 0 Å². The van der Waals surface area contributed by atoms with Gasteiger partial charge in [0.25, 0.3) is 0 Å². The third-order valence-corrected chi connectivity index (χ3v) is 7.72. The largest absolute Gasteiger partial charge is 0.261 e. The van der Waals surface area contributed by atoms with Crippen LogP contribution in [0.15, 0.2) is 75.5 Å². The van der Waals surface area contributed by atoms with Crippen LogP contribution in [0.5, 0.6) is 0 Å². The van der Waals surface area contributed by atoms with Crippen molar-refractivity contribution in [3.63, 3.8) is 0 Å². The highest BCUT2D eigenvalue weighted by atomic mass is 32.2. The summed E-state index contributed by atoms with van der Waals surface area (Å²) in [7, 11) is -3.57. The SMILES string of the molecule is Cc1cc2c(cc1S(=O)(=O)NCCc1ccccn1)Sc1ccccc1CC2. The van der Waals surface area contributed by atoms with Gasteiger partial charge in [-0.3, -0.25) is 4.98 Å². The number of pyridine rings is 1. The lowest BCUT2D eigenvalue weighted by Gasteiger charge is -2.13. The number of rotatable bonds is 5. The molecule has 1 aliphatic heterocycles. The molecule has 0 aliphatic carbocycles. The Labute approximate surface area is 170 Å². The van der Waals surface area contributed by atoms with E-state index >= 15 is 0 Å². The Morgan fingerprint density at radius 3 is 2.61 bits per heavy atom. The van der Waals surface area contributed by atoms with Gasteiger partial charge in [0.2, 0.25) is 10.0 Å². The Balaban J connectivity index is 1.57. The molecule has 0 saturated carbocycles. The fourth-order valence-electron chi connectivity index (χ4n) is 3.44. The van der Waals surface area contributed by atoms with Crippen molar-refractivity contribution >= 4 is 21.8 Å². The van der Waals surface area contributed by atoms with Gasteiger partial charge in [-0.05, 0) is 60.7 Å². The van der Waals surface area contributed by atoms with Crippen molar-refractivity contribution in [1.29, 1.82) is 0 Å². The quantitative estimate of drug-likeness (QED) is 0.686. The van der Waals surface area contributed by atoms with Crippen molar-refractivity contribution in [2.45, 2.75) is 40.9 Å². The summed E-state index contributed by atoms with van der Waals surface area (Å²) in [5.74, 6) is 0. The van der Waals surface area contributed by atoms with Crippen molar-refractivity contribution in [2.24, 2.45) is 0 Å². The van der Waals surface area contributed by atoms with E-state index in [4.69, 9.17) is 0 Å². The topological polar surface area (TPSA) is 59.1 Å². The molecule has 3 aromatic rings. The lowest BCUT2D eigenvalue weighted by molar-refractivity contribution is 0.580. The van der Waals surface area contributed by atoms with Crippen LogP contribution < -0.4 is 4.72 Å². The molecule has 1 aliphatic rings. The minimum Gasteiger partial charge on any atom is -0.261 e. The number of sulfonamides is 1. The van der Waals surface area contributed by atoms with Gasteiger partial charge in [0.15, 0.2) is 0 Å². The van der Waals surface area contributed by atoms with Crippen molar-refractivity contribution in [1.82, 2.24) is 9.71 Å². The Morgan fingerprint density at radius 2 is 1.79 bits per heavy atom. The molecule has 0 radical (unpaired) electrons. The lowest BCUT2D eigenvalue weighted by Crippen LogP contribution is -2.27. The molecule has 6 heteroatoms. The summed E-state index contributed by atoms with van der Waals surface area (Å²) < 4.78 is 28.6. The summed E-state index contributed by atoms with van der Waals surface area (Å²) >= 11 is 1.66. The van der Waals surface area contributed by atoms with E-state index in [0.717, 1.165) is 29.0 Å². The van der Waals surface area contributed by atoms with Gasteiger partial charge in [0.05, 0.1) is 4.90 Å². The molecule has 0 amide bonds. The Morgan fingerprint density at radius 1 is 1.00 bits per heavy atom. The van der Waals surface area contributed by atoms with Crippen LogP contribution in [0.25, 0.3) is 0 Å². The van der Waals surface area contributed by atoms with Crippen molar-refractivity contribution < 1.29 is 8.42 Å². The highest BCUT2D eigenvalue weighted by molar-refractivity contribution is 7.99. The van der Waals surface area contributed by atoms with Crippen LogP contribution in [0.4, 0.5) is 0 Å². The summed E-state index contributed by atoms with van der Waals surface area (Å²) in [5.41, 5.74) is 4.19. The van der Waals surface area contributed by atoms with Crippen LogP contribution >= 0.6 is 11.8 Å². The average Bonchev–Trinajstić information content (AvgIpc) is 2.87. The maximum atomic E-state index is 12.9. The van der Waals surface area contributed by atoms with E-state index in [2.05, 4.69) is 27.9 Å². The van der Waals surface area contributed by atoms with E-state index in [1.165, 1.54) is 16.0 Å². The van der Waals surface area contributed by atoms with Crippen LogP contribution in [0, 0.1) is 6.92 Å². The fourth-order valence-corrected chi connectivity index (χ4v) is 5.95. The minimum atomic E-state index is -3.57. The number of nitrogens with one attached hydrogen (secondary N) is 1. The maximum Gasteiger partial charge on any atom is 0.240 e. The molecule has 28 heavy (non-hydrogen) atoms. The maximum absolute atomic E-state index is 12.9. The highest BCUT2D eigenvalue weighted by Crippen LogP contribution is 2.39. The number of benzene rings is 2. The summed E-state index contributed by atoms with van der Waals surface area (Å²) in [5, 5.41) is 0. The molecule has 0 spiro atoms. The number of hydrogen-bond donors (Lipinski definition) is 1. The van der Waals surface area contributed by atoms with Gasteiger partial charge in [-0.2, -0.15) is 0 Å². The van der Waals surface area contributed by atoms with Gasteiger partial charge in [-0.15, -0.1) is 0 Å². The zero-order valence-electron chi connectivity index (χ0n) is 15.7. The van der Waals surface area contributed by atoms with Gasteiger partial charge in [-0.1, -0.05) is 42.1 Å². The van der Waals surface area contributed by atoms with Crippen molar-refractivity contribution in [3.8, 4) is 0 Å². The van der Waals surface area contributed by atoms with Gasteiger partial charge in [-0.25, -0.2) is 13.1 Å². The molecular formula is C22H22N2O2S2. The summed E-state index contributed by atoms with van der Waals surface area (Å²) in [6, 6.07) is 17.9. The van der Waals surface area contributed by atoms with E-state index in [1.54, 1.807) is 18.0 Å². The monoisotopic (exact) mass is 410 g/mol. The zero-order valence-corrected chi connectivity index (χ0v) is 17.3. The average molecular weight is 411 g/mol. The first-order chi connectivity index (χ1) is 13.5. The lowest BCUT2D eigenvalue weighted by atomic mass is 10.0. The summed E-state index contributed by atoms with van der Waals surface area (Å²) in [6.45, 7) is 2.20. The molecule has 0 fully saturated rings. The van der Waals surface area contributed by atoms with Crippen LogP contribution in [-0.2, 0) is 29.3 Å². The third-order valence-electron chi connectivity index (χ3n) is 4.90. The van der Waals surface area contributed by atoms with Crippen molar-refractivity contribution in [2.75, 3.05) is 6.54 Å². The Bertz CT molecular complexity index is 1100. The molecule has 2 heterocycles. The molecule has 0 saturated heterocycles. The standard InChI is InChI=1S/C22H22N2O2S2/c1-16-14-18-10-9-17-6-2-3-8-20(17)27-21(18)15-22(16)28(25,26)24-13-11-19-7-4-5-12-23-19/h2-8,12,14-15,24H,9-11,13H2,1H3. The van der Waals surface area contributed by atoms with Gasteiger partial charge >= 0.3 is 0 Å². The first kappa shape index (κ1) is 19.2. The molecule has 1 aromatic heterocycles. The van der Waals surface area contributed by atoms with E-state index in [-0.39, 0.29) is 0 Å².